The van der Waals surface area contributed by atoms with Crippen molar-refractivity contribution in [3.63, 3.8) is 0 Å². The third kappa shape index (κ3) is 3.28. The quantitative estimate of drug-likeness (QED) is 0.321. The zero-order valence-corrected chi connectivity index (χ0v) is 23.9. The number of hydrogen-bond acceptors (Lipinski definition) is 3. The van der Waals surface area contributed by atoms with Gasteiger partial charge in [0.25, 0.3) is 0 Å². The van der Waals surface area contributed by atoms with Gasteiger partial charge in [0, 0.05) is 18.8 Å². The minimum Gasteiger partial charge on any atom is -0.462 e. The third-order valence-electron chi connectivity index (χ3n) is 13.3. The van der Waals surface area contributed by atoms with Crippen LogP contribution in [-0.2, 0) is 9.53 Å². The highest BCUT2D eigenvalue weighted by Crippen LogP contribution is 2.89. The second-order valence-corrected chi connectivity index (χ2v) is 15.0. The standard InChI is InChI=1S/C32H52O3/c1-20(2)10-9-11-21(3)23-14-15-30(8)25-13-12-24-28(5,6)26(34)18-27(35-22(4)33)32(24)19-31(25,32)17-16-29(23,30)7/h10,21,23-27,34H,9,11-19H2,1-8H3. The number of esters is 1. The monoisotopic (exact) mass is 484 g/mol. The van der Waals surface area contributed by atoms with Gasteiger partial charge in [-0.15, -0.1) is 0 Å². The Bertz CT molecular complexity index is 900. The number of allylic oxidation sites excluding steroid dienone is 2. The molecule has 5 aliphatic rings. The van der Waals surface area contributed by atoms with E-state index >= 15 is 0 Å². The van der Waals surface area contributed by atoms with Crippen molar-refractivity contribution < 1.29 is 14.6 Å². The third-order valence-corrected chi connectivity index (χ3v) is 13.3. The lowest BCUT2D eigenvalue weighted by Crippen LogP contribution is -2.61. The van der Waals surface area contributed by atoms with E-state index in [9.17, 15) is 9.90 Å². The molecule has 5 aliphatic carbocycles. The molecule has 3 nitrogen and oxygen atoms in total. The number of fused-ring (bicyclic) bond motifs is 2. The fraction of sp³-hybridized carbons (Fsp3) is 0.906. The highest BCUT2D eigenvalue weighted by Gasteiger charge is 2.85. The molecule has 198 valence electrons. The van der Waals surface area contributed by atoms with Crippen LogP contribution < -0.4 is 0 Å². The summed E-state index contributed by atoms with van der Waals surface area (Å²) in [5.41, 5.74) is 2.51. The number of carbonyl (C=O) groups excluding carboxylic acids is 1. The lowest BCUT2D eigenvalue weighted by molar-refractivity contribution is -0.207. The molecular weight excluding hydrogens is 432 g/mol. The van der Waals surface area contributed by atoms with Gasteiger partial charge in [-0.25, -0.2) is 0 Å². The van der Waals surface area contributed by atoms with Gasteiger partial charge >= 0.3 is 5.97 Å². The summed E-state index contributed by atoms with van der Waals surface area (Å²) in [5, 5.41) is 11.1. The molecular formula is C32H52O3. The van der Waals surface area contributed by atoms with Gasteiger partial charge in [-0.1, -0.05) is 46.3 Å². The van der Waals surface area contributed by atoms with E-state index in [2.05, 4.69) is 54.5 Å². The van der Waals surface area contributed by atoms with Gasteiger partial charge in [-0.3, -0.25) is 4.79 Å². The van der Waals surface area contributed by atoms with Crippen molar-refractivity contribution in [2.24, 2.45) is 50.7 Å². The molecule has 0 radical (unpaired) electrons. The van der Waals surface area contributed by atoms with Gasteiger partial charge < -0.3 is 9.84 Å². The molecule has 2 spiro atoms. The summed E-state index contributed by atoms with van der Waals surface area (Å²) >= 11 is 0. The molecule has 1 N–H and O–H groups in total. The molecule has 0 aromatic carbocycles. The van der Waals surface area contributed by atoms with Crippen molar-refractivity contribution in [3.05, 3.63) is 11.6 Å². The van der Waals surface area contributed by atoms with Crippen LogP contribution in [0.1, 0.15) is 120 Å². The molecule has 35 heavy (non-hydrogen) atoms. The summed E-state index contributed by atoms with van der Waals surface area (Å²) in [6, 6.07) is 0. The lowest BCUT2D eigenvalue weighted by atomic mass is 9.41. The summed E-state index contributed by atoms with van der Waals surface area (Å²) in [6.45, 7) is 18.4. The highest BCUT2D eigenvalue weighted by molar-refractivity contribution is 5.66. The lowest BCUT2D eigenvalue weighted by Gasteiger charge is -2.64. The second kappa shape index (κ2) is 8.08. The van der Waals surface area contributed by atoms with Crippen LogP contribution in [0.25, 0.3) is 0 Å². The Hall–Kier alpha value is -0.830. The zero-order chi connectivity index (χ0) is 25.6. The van der Waals surface area contributed by atoms with E-state index in [0.29, 0.717) is 28.6 Å². The van der Waals surface area contributed by atoms with Crippen molar-refractivity contribution >= 4 is 5.97 Å². The Morgan fingerprint density at radius 1 is 1.00 bits per heavy atom. The molecule has 0 aromatic rings. The maximum Gasteiger partial charge on any atom is 0.302 e. The minimum absolute atomic E-state index is 0.0851. The fourth-order valence-corrected chi connectivity index (χ4v) is 11.4. The first-order valence-electron chi connectivity index (χ1n) is 14.7. The second-order valence-electron chi connectivity index (χ2n) is 15.0. The number of ether oxygens (including phenoxy) is 1. The van der Waals surface area contributed by atoms with E-state index in [1.807, 2.05) is 0 Å². The van der Waals surface area contributed by atoms with Gasteiger partial charge in [-0.05, 0) is 117 Å². The number of carbonyl (C=O) groups is 1. The molecule has 0 amide bonds. The molecule has 5 rings (SSSR count). The molecule has 10 unspecified atom stereocenters. The van der Waals surface area contributed by atoms with Crippen LogP contribution in [0, 0.1) is 50.7 Å². The zero-order valence-electron chi connectivity index (χ0n) is 23.9. The Morgan fingerprint density at radius 3 is 2.34 bits per heavy atom. The van der Waals surface area contributed by atoms with Crippen LogP contribution in [0.15, 0.2) is 11.6 Å². The van der Waals surface area contributed by atoms with Gasteiger partial charge in [0.2, 0.25) is 0 Å². The Labute approximate surface area is 214 Å². The molecule has 10 atom stereocenters. The van der Waals surface area contributed by atoms with E-state index in [0.717, 1.165) is 17.8 Å². The first-order chi connectivity index (χ1) is 16.3. The van der Waals surface area contributed by atoms with Crippen molar-refractivity contribution in [2.45, 2.75) is 132 Å². The Morgan fingerprint density at radius 2 is 1.69 bits per heavy atom. The van der Waals surface area contributed by atoms with E-state index < -0.39 is 6.10 Å². The molecule has 0 aliphatic heterocycles. The van der Waals surface area contributed by atoms with Crippen molar-refractivity contribution in [2.75, 3.05) is 0 Å². The van der Waals surface area contributed by atoms with E-state index in [1.165, 1.54) is 63.4 Å². The first kappa shape index (κ1) is 25.8. The van der Waals surface area contributed by atoms with Crippen LogP contribution >= 0.6 is 0 Å². The van der Waals surface area contributed by atoms with Crippen LogP contribution in [0.5, 0.6) is 0 Å². The average molecular weight is 485 g/mol. The van der Waals surface area contributed by atoms with Crippen LogP contribution in [-0.4, -0.2) is 23.3 Å². The first-order valence-corrected chi connectivity index (χ1v) is 14.7. The van der Waals surface area contributed by atoms with Gasteiger partial charge in [-0.2, -0.15) is 0 Å². The minimum atomic E-state index is -0.390. The molecule has 5 saturated carbocycles. The van der Waals surface area contributed by atoms with Crippen LogP contribution in [0.3, 0.4) is 0 Å². The molecule has 0 bridgehead atoms. The van der Waals surface area contributed by atoms with E-state index in [-0.39, 0.29) is 22.9 Å². The number of aliphatic hydroxyl groups is 1. The number of rotatable bonds is 5. The summed E-state index contributed by atoms with van der Waals surface area (Å²) in [7, 11) is 0. The van der Waals surface area contributed by atoms with E-state index in [4.69, 9.17) is 4.74 Å². The molecule has 0 heterocycles. The average Bonchev–Trinajstić information content (AvgIpc) is 3.36. The van der Waals surface area contributed by atoms with Gasteiger partial charge in [0.05, 0.1) is 6.10 Å². The molecule has 0 aromatic heterocycles. The van der Waals surface area contributed by atoms with Gasteiger partial charge in [0.1, 0.15) is 6.10 Å². The molecule has 0 saturated heterocycles. The van der Waals surface area contributed by atoms with Gasteiger partial charge in [0.15, 0.2) is 0 Å². The highest BCUT2D eigenvalue weighted by atomic mass is 16.5. The predicted octanol–water partition coefficient (Wildman–Crippen LogP) is 7.71. The summed E-state index contributed by atoms with van der Waals surface area (Å²) in [4.78, 5) is 12.2. The van der Waals surface area contributed by atoms with Crippen molar-refractivity contribution in [3.8, 4) is 0 Å². The number of aliphatic hydroxyl groups excluding tert-OH is 1. The van der Waals surface area contributed by atoms with Crippen LogP contribution in [0.2, 0.25) is 0 Å². The summed E-state index contributed by atoms with van der Waals surface area (Å²) in [5.74, 6) is 2.60. The predicted molar refractivity (Wildman–Crippen MR) is 142 cm³/mol. The maximum atomic E-state index is 12.2. The summed E-state index contributed by atoms with van der Waals surface area (Å²) in [6.07, 6.45) is 14.1. The molecule has 3 heteroatoms. The summed E-state index contributed by atoms with van der Waals surface area (Å²) < 4.78 is 6.10. The Balaban J connectivity index is 1.46. The topological polar surface area (TPSA) is 46.5 Å². The van der Waals surface area contributed by atoms with Crippen molar-refractivity contribution in [1.29, 1.82) is 0 Å². The number of hydrogen-bond donors (Lipinski definition) is 1. The van der Waals surface area contributed by atoms with E-state index in [1.54, 1.807) is 6.92 Å². The van der Waals surface area contributed by atoms with Crippen molar-refractivity contribution in [1.82, 2.24) is 0 Å². The fourth-order valence-electron chi connectivity index (χ4n) is 11.4. The molecule has 5 fully saturated rings. The van der Waals surface area contributed by atoms with Crippen LogP contribution in [0.4, 0.5) is 0 Å². The smallest absolute Gasteiger partial charge is 0.302 e. The maximum absolute atomic E-state index is 12.2. The largest absolute Gasteiger partial charge is 0.462 e. The SMILES string of the molecule is CC(=O)OC1CC(O)C(C)(C)C2CCC3C4(C)CCC(C(C)CCC=C(C)C)C4(C)CCC34CC124. The Kier molecular flexibility index (Phi) is 5.96. The normalized spacial score (nSPS) is 50.1.